The van der Waals surface area contributed by atoms with Gasteiger partial charge in [-0.3, -0.25) is 9.69 Å². The Kier molecular flexibility index (Phi) is 8.60. The van der Waals surface area contributed by atoms with Crippen molar-refractivity contribution >= 4 is 56.8 Å². The summed E-state index contributed by atoms with van der Waals surface area (Å²) in [6, 6.07) is 14.3. The molecule has 1 fully saturated rings. The van der Waals surface area contributed by atoms with Gasteiger partial charge in [0.1, 0.15) is 0 Å². The first-order chi connectivity index (χ1) is 14.6. The van der Waals surface area contributed by atoms with Gasteiger partial charge < -0.3 is 10.2 Å². The van der Waals surface area contributed by atoms with Crippen LogP contribution < -0.4 is 10.2 Å². The maximum absolute atomic E-state index is 12.4. The van der Waals surface area contributed by atoms with Crippen molar-refractivity contribution < 1.29 is 4.79 Å². The number of piperazine rings is 1. The third-order valence-corrected chi connectivity index (χ3v) is 7.25. The van der Waals surface area contributed by atoms with Crippen LogP contribution in [0, 0.1) is 6.92 Å². The van der Waals surface area contributed by atoms with Crippen LogP contribution in [0.15, 0.2) is 47.4 Å². The van der Waals surface area contributed by atoms with E-state index in [9.17, 15) is 4.79 Å². The number of fused-ring (bicyclic) bond motifs is 1. The first-order valence-electron chi connectivity index (χ1n) is 10.5. The zero-order chi connectivity index (χ0) is 20.9. The molecule has 1 aromatic heterocycles. The normalized spacial score (nSPS) is 14.5. The summed E-state index contributed by atoms with van der Waals surface area (Å²) in [6.45, 7) is 9.73. The van der Waals surface area contributed by atoms with E-state index in [0.717, 1.165) is 59.6 Å². The lowest BCUT2D eigenvalue weighted by Gasteiger charge is -2.34. The molecule has 31 heavy (non-hydrogen) atoms. The maximum atomic E-state index is 12.4. The topological polar surface area (TPSA) is 48.5 Å². The summed E-state index contributed by atoms with van der Waals surface area (Å²) in [5, 5.41) is 4.19. The Balaban J connectivity index is 0.00000272. The van der Waals surface area contributed by atoms with Gasteiger partial charge in [0.15, 0.2) is 5.13 Å². The smallest absolute Gasteiger partial charge is 0.251 e. The SMILES string of the molecule is CCSc1cccc(C(=O)NCCN2CCN(c3nc4ccc(C)cc4s3)CC2)c1.Cl. The van der Waals surface area contributed by atoms with Gasteiger partial charge in [-0.15, -0.1) is 24.2 Å². The highest BCUT2D eigenvalue weighted by Gasteiger charge is 2.20. The second-order valence-electron chi connectivity index (χ2n) is 7.51. The Labute approximate surface area is 198 Å². The third kappa shape index (κ3) is 6.13. The number of carbonyl (C=O) groups is 1. The van der Waals surface area contributed by atoms with Gasteiger partial charge in [0.2, 0.25) is 0 Å². The van der Waals surface area contributed by atoms with E-state index in [2.05, 4.69) is 53.2 Å². The molecule has 0 spiro atoms. The quantitative estimate of drug-likeness (QED) is 0.501. The van der Waals surface area contributed by atoms with Crippen molar-refractivity contribution in [2.24, 2.45) is 0 Å². The summed E-state index contributed by atoms with van der Waals surface area (Å²) in [5.74, 6) is 1.02. The molecule has 1 amide bonds. The lowest BCUT2D eigenvalue weighted by molar-refractivity contribution is 0.0947. The highest BCUT2D eigenvalue weighted by atomic mass is 35.5. The van der Waals surface area contributed by atoms with Crippen molar-refractivity contribution in [1.29, 1.82) is 0 Å². The molecule has 0 atom stereocenters. The average molecular weight is 477 g/mol. The Morgan fingerprint density at radius 1 is 1.16 bits per heavy atom. The Bertz CT molecular complexity index is 1020. The van der Waals surface area contributed by atoms with Gasteiger partial charge in [0.05, 0.1) is 10.2 Å². The number of hydrogen-bond acceptors (Lipinski definition) is 6. The van der Waals surface area contributed by atoms with E-state index >= 15 is 0 Å². The fourth-order valence-electron chi connectivity index (χ4n) is 3.64. The Morgan fingerprint density at radius 3 is 2.74 bits per heavy atom. The molecule has 0 unspecified atom stereocenters. The Morgan fingerprint density at radius 2 is 1.97 bits per heavy atom. The summed E-state index contributed by atoms with van der Waals surface area (Å²) in [7, 11) is 0. The third-order valence-electron chi connectivity index (χ3n) is 5.30. The van der Waals surface area contributed by atoms with Gasteiger partial charge in [0, 0.05) is 49.7 Å². The number of hydrogen-bond donors (Lipinski definition) is 1. The van der Waals surface area contributed by atoms with Gasteiger partial charge in [-0.05, 0) is 48.6 Å². The molecule has 0 radical (unpaired) electrons. The highest BCUT2D eigenvalue weighted by Crippen LogP contribution is 2.30. The number of rotatable bonds is 7. The number of benzene rings is 2. The summed E-state index contributed by atoms with van der Waals surface area (Å²) in [5.41, 5.74) is 3.11. The van der Waals surface area contributed by atoms with Crippen molar-refractivity contribution in [3.63, 3.8) is 0 Å². The Hall–Kier alpha value is -1.80. The van der Waals surface area contributed by atoms with E-state index in [-0.39, 0.29) is 18.3 Å². The van der Waals surface area contributed by atoms with Crippen LogP contribution in [-0.2, 0) is 0 Å². The monoisotopic (exact) mass is 476 g/mol. The van der Waals surface area contributed by atoms with Crippen molar-refractivity contribution in [2.45, 2.75) is 18.7 Å². The van der Waals surface area contributed by atoms with Crippen LogP contribution >= 0.6 is 35.5 Å². The number of thiazole rings is 1. The van der Waals surface area contributed by atoms with Crippen molar-refractivity contribution in [1.82, 2.24) is 15.2 Å². The van der Waals surface area contributed by atoms with E-state index in [1.54, 1.807) is 23.1 Å². The van der Waals surface area contributed by atoms with Crippen LogP contribution in [0.1, 0.15) is 22.8 Å². The zero-order valence-corrected chi connectivity index (χ0v) is 20.4. The lowest BCUT2D eigenvalue weighted by atomic mass is 10.2. The molecule has 1 saturated heterocycles. The van der Waals surface area contributed by atoms with Gasteiger partial charge in [-0.2, -0.15) is 0 Å². The predicted octanol–water partition coefficient (Wildman–Crippen LogP) is 4.69. The second-order valence-corrected chi connectivity index (χ2v) is 9.86. The zero-order valence-electron chi connectivity index (χ0n) is 18.0. The summed E-state index contributed by atoms with van der Waals surface area (Å²) in [6.07, 6.45) is 0. The molecule has 1 aliphatic rings. The number of halogens is 1. The molecule has 2 heterocycles. The van der Waals surface area contributed by atoms with Gasteiger partial charge >= 0.3 is 0 Å². The van der Waals surface area contributed by atoms with Crippen molar-refractivity contribution in [2.75, 3.05) is 49.9 Å². The molecule has 3 aromatic rings. The van der Waals surface area contributed by atoms with Crippen LogP contribution in [0.4, 0.5) is 5.13 Å². The van der Waals surface area contributed by atoms with E-state index in [1.807, 2.05) is 18.2 Å². The molecule has 2 aromatic carbocycles. The number of amides is 1. The van der Waals surface area contributed by atoms with Crippen molar-refractivity contribution in [3.05, 3.63) is 53.6 Å². The second kappa shape index (κ2) is 11.2. The van der Waals surface area contributed by atoms with Gasteiger partial charge in [-0.25, -0.2) is 4.98 Å². The molecule has 1 N–H and O–H groups in total. The van der Waals surface area contributed by atoms with Crippen LogP contribution in [0.25, 0.3) is 10.2 Å². The fraction of sp³-hybridized carbons (Fsp3) is 0.391. The largest absolute Gasteiger partial charge is 0.351 e. The molecule has 4 rings (SSSR count). The van der Waals surface area contributed by atoms with Crippen LogP contribution in [0.3, 0.4) is 0 Å². The highest BCUT2D eigenvalue weighted by molar-refractivity contribution is 7.99. The average Bonchev–Trinajstić information content (AvgIpc) is 3.18. The van der Waals surface area contributed by atoms with Gasteiger partial charge in [-0.1, -0.05) is 30.4 Å². The summed E-state index contributed by atoms with van der Waals surface area (Å²) < 4.78 is 1.26. The molecule has 166 valence electrons. The number of nitrogens with zero attached hydrogens (tertiary/aromatic N) is 3. The molecular formula is C23H29ClN4OS2. The van der Waals surface area contributed by atoms with Gasteiger partial charge in [0.25, 0.3) is 5.91 Å². The first kappa shape index (κ1) is 23.9. The lowest BCUT2D eigenvalue weighted by Crippen LogP contribution is -2.48. The van der Waals surface area contributed by atoms with Crippen molar-refractivity contribution in [3.8, 4) is 0 Å². The minimum Gasteiger partial charge on any atom is -0.351 e. The molecule has 0 saturated carbocycles. The molecule has 0 bridgehead atoms. The first-order valence-corrected chi connectivity index (χ1v) is 12.3. The summed E-state index contributed by atoms with van der Waals surface area (Å²) >= 11 is 3.54. The number of carbonyl (C=O) groups excluding carboxylic acids is 1. The molecular weight excluding hydrogens is 448 g/mol. The number of anilines is 1. The number of aromatic nitrogens is 1. The number of nitrogens with one attached hydrogen (secondary N) is 1. The van der Waals surface area contributed by atoms with E-state index in [0.29, 0.717) is 6.54 Å². The fourth-order valence-corrected chi connectivity index (χ4v) is 5.47. The standard InChI is InChI=1S/C23H28N4OS2.ClH/c1-3-29-19-6-4-5-18(16-19)22(28)24-9-10-26-11-13-27(14-12-26)23-25-20-8-7-17(2)15-21(20)30-23;/h4-8,15-16H,3,9-14H2,1-2H3,(H,24,28);1H. The summed E-state index contributed by atoms with van der Waals surface area (Å²) in [4.78, 5) is 23.2. The van der Waals surface area contributed by atoms with Crippen LogP contribution in [0.2, 0.25) is 0 Å². The van der Waals surface area contributed by atoms with E-state index < -0.39 is 0 Å². The minimum atomic E-state index is 0. The minimum absolute atomic E-state index is 0. The predicted molar refractivity (Wildman–Crippen MR) is 135 cm³/mol. The van der Waals surface area contributed by atoms with Crippen LogP contribution in [0.5, 0.6) is 0 Å². The van der Waals surface area contributed by atoms with E-state index in [1.165, 1.54) is 10.3 Å². The number of thioether (sulfide) groups is 1. The molecule has 8 heteroatoms. The molecule has 5 nitrogen and oxygen atoms in total. The maximum Gasteiger partial charge on any atom is 0.251 e. The molecule has 0 aliphatic carbocycles. The van der Waals surface area contributed by atoms with E-state index in [4.69, 9.17) is 4.98 Å². The molecule has 1 aliphatic heterocycles. The number of aryl methyl sites for hydroxylation is 1. The van der Waals surface area contributed by atoms with Crippen LogP contribution in [-0.4, -0.2) is 60.8 Å².